The van der Waals surface area contributed by atoms with E-state index in [0.29, 0.717) is 5.75 Å². The zero-order valence-electron chi connectivity index (χ0n) is 9.17. The smallest absolute Gasteiger partial charge is 0.203 e. The molecule has 0 saturated carbocycles. The minimum Gasteiger partial charge on any atom is -0.507 e. The predicted molar refractivity (Wildman–Crippen MR) is 64.4 cm³/mol. The van der Waals surface area contributed by atoms with Crippen LogP contribution in [0.15, 0.2) is 54.6 Å². The van der Waals surface area contributed by atoms with Crippen LogP contribution in [0, 0.1) is 0 Å². The topological polar surface area (TPSA) is 46.5 Å². The normalized spacial score (nSPS) is 9.88. The van der Waals surface area contributed by atoms with Crippen molar-refractivity contribution >= 4 is 5.78 Å². The molecule has 1 N–H and O–H groups in total. The molecule has 0 aliphatic carbocycles. The van der Waals surface area contributed by atoms with Crippen molar-refractivity contribution in [3.8, 4) is 11.5 Å². The van der Waals surface area contributed by atoms with E-state index in [1.54, 1.807) is 30.3 Å². The van der Waals surface area contributed by atoms with Crippen LogP contribution in [0.3, 0.4) is 0 Å². The Bertz CT molecular complexity index is 506. The van der Waals surface area contributed by atoms with Crippen LogP contribution in [0.25, 0.3) is 0 Å². The highest BCUT2D eigenvalue weighted by molar-refractivity contribution is 5.99. The summed E-state index contributed by atoms with van der Waals surface area (Å²) in [5.41, 5.74) is 0.281. The van der Waals surface area contributed by atoms with Crippen molar-refractivity contribution in [2.24, 2.45) is 0 Å². The van der Waals surface area contributed by atoms with Crippen molar-refractivity contribution in [3.63, 3.8) is 0 Å². The summed E-state index contributed by atoms with van der Waals surface area (Å²) in [5.74, 6) is 0.373. The van der Waals surface area contributed by atoms with Crippen LogP contribution in [0.5, 0.6) is 11.5 Å². The molecule has 0 amide bonds. The van der Waals surface area contributed by atoms with Crippen LogP contribution in [-0.4, -0.2) is 17.5 Å². The van der Waals surface area contributed by atoms with E-state index in [2.05, 4.69) is 0 Å². The second kappa shape index (κ2) is 5.16. The minimum atomic E-state index is -0.244. The number of benzene rings is 2. The molecule has 0 atom stereocenters. The maximum Gasteiger partial charge on any atom is 0.203 e. The number of para-hydroxylation sites is 2. The Morgan fingerprint density at radius 1 is 1.00 bits per heavy atom. The van der Waals surface area contributed by atoms with Gasteiger partial charge in [-0.15, -0.1) is 0 Å². The number of carbonyl (C=O) groups excluding carboxylic acids is 1. The van der Waals surface area contributed by atoms with E-state index >= 15 is 0 Å². The maximum absolute atomic E-state index is 11.8. The highest BCUT2D eigenvalue weighted by Gasteiger charge is 2.10. The summed E-state index contributed by atoms with van der Waals surface area (Å²) in [7, 11) is 0. The van der Waals surface area contributed by atoms with Gasteiger partial charge in [0.25, 0.3) is 0 Å². The van der Waals surface area contributed by atoms with Crippen molar-refractivity contribution in [2.75, 3.05) is 6.61 Å². The lowest BCUT2D eigenvalue weighted by atomic mass is 10.1. The highest BCUT2D eigenvalue weighted by atomic mass is 16.5. The summed E-state index contributed by atoms with van der Waals surface area (Å²) in [4.78, 5) is 11.8. The second-order valence-electron chi connectivity index (χ2n) is 3.54. The van der Waals surface area contributed by atoms with Gasteiger partial charge in [0, 0.05) is 0 Å². The highest BCUT2D eigenvalue weighted by Crippen LogP contribution is 2.17. The zero-order valence-corrected chi connectivity index (χ0v) is 9.17. The standard InChI is InChI=1S/C14H12O3/c15-13-9-5-4-8-12(13)14(16)10-17-11-6-2-1-3-7-11/h1-9,15H,10H2. The number of carbonyl (C=O) groups is 1. The van der Waals surface area contributed by atoms with Crippen LogP contribution in [-0.2, 0) is 0 Å². The minimum absolute atomic E-state index is 0.0193. The largest absolute Gasteiger partial charge is 0.507 e. The Morgan fingerprint density at radius 3 is 2.35 bits per heavy atom. The van der Waals surface area contributed by atoms with Gasteiger partial charge in [-0.3, -0.25) is 4.79 Å². The number of phenols is 1. The van der Waals surface area contributed by atoms with Gasteiger partial charge in [0.1, 0.15) is 11.5 Å². The molecule has 17 heavy (non-hydrogen) atoms. The molecular weight excluding hydrogens is 216 g/mol. The second-order valence-corrected chi connectivity index (χ2v) is 3.54. The first-order chi connectivity index (χ1) is 8.27. The van der Waals surface area contributed by atoms with Crippen LogP contribution >= 0.6 is 0 Å². The van der Waals surface area contributed by atoms with Crippen LogP contribution in [0.1, 0.15) is 10.4 Å². The Morgan fingerprint density at radius 2 is 1.65 bits per heavy atom. The lowest BCUT2D eigenvalue weighted by molar-refractivity contribution is 0.0919. The fourth-order valence-corrected chi connectivity index (χ4v) is 1.45. The molecule has 0 heterocycles. The third kappa shape index (κ3) is 2.84. The van der Waals surface area contributed by atoms with Crippen molar-refractivity contribution in [1.82, 2.24) is 0 Å². The monoisotopic (exact) mass is 228 g/mol. The molecule has 0 bridgehead atoms. The van der Waals surface area contributed by atoms with Crippen molar-refractivity contribution < 1.29 is 14.6 Å². The first-order valence-electron chi connectivity index (χ1n) is 5.26. The molecule has 0 aromatic heterocycles. The third-order valence-corrected chi connectivity index (χ3v) is 2.32. The zero-order chi connectivity index (χ0) is 12.1. The molecule has 3 nitrogen and oxygen atoms in total. The van der Waals surface area contributed by atoms with Gasteiger partial charge in [0.15, 0.2) is 6.61 Å². The van der Waals surface area contributed by atoms with Gasteiger partial charge in [0.05, 0.1) is 5.56 Å². The molecule has 3 heteroatoms. The van der Waals surface area contributed by atoms with Crippen molar-refractivity contribution in [2.45, 2.75) is 0 Å². The molecule has 86 valence electrons. The molecule has 2 aromatic carbocycles. The van der Waals surface area contributed by atoms with Crippen molar-refractivity contribution in [3.05, 3.63) is 60.2 Å². The average molecular weight is 228 g/mol. The number of hydrogen-bond donors (Lipinski definition) is 1. The summed E-state index contributed by atoms with van der Waals surface area (Å²) in [6, 6.07) is 15.5. The van der Waals surface area contributed by atoms with Crippen molar-refractivity contribution in [1.29, 1.82) is 0 Å². The Hall–Kier alpha value is -2.29. The molecule has 0 spiro atoms. The molecule has 0 aliphatic heterocycles. The summed E-state index contributed by atoms with van der Waals surface area (Å²) >= 11 is 0. The van der Waals surface area contributed by atoms with Gasteiger partial charge in [0.2, 0.25) is 5.78 Å². The van der Waals surface area contributed by atoms with Gasteiger partial charge in [-0.05, 0) is 24.3 Å². The summed E-state index contributed by atoms with van der Waals surface area (Å²) in [6.07, 6.45) is 0. The summed E-state index contributed by atoms with van der Waals surface area (Å²) in [5, 5.41) is 9.50. The molecule has 0 fully saturated rings. The first-order valence-corrected chi connectivity index (χ1v) is 5.26. The molecule has 0 radical (unpaired) electrons. The Balaban J connectivity index is 2.01. The number of ether oxygens (including phenoxy) is 1. The van der Waals surface area contributed by atoms with Gasteiger partial charge in [-0.25, -0.2) is 0 Å². The lowest BCUT2D eigenvalue weighted by Gasteiger charge is -2.06. The predicted octanol–water partition coefficient (Wildman–Crippen LogP) is 2.65. The number of hydrogen-bond acceptors (Lipinski definition) is 3. The van der Waals surface area contributed by atoms with Crippen LogP contribution in [0.4, 0.5) is 0 Å². The third-order valence-electron chi connectivity index (χ3n) is 2.32. The van der Waals surface area contributed by atoms with Gasteiger partial charge in [-0.1, -0.05) is 30.3 Å². The fourth-order valence-electron chi connectivity index (χ4n) is 1.45. The Labute approximate surface area is 99.3 Å². The quantitative estimate of drug-likeness (QED) is 0.818. The van der Waals surface area contributed by atoms with E-state index in [9.17, 15) is 9.90 Å². The van der Waals surface area contributed by atoms with Gasteiger partial charge >= 0.3 is 0 Å². The van der Waals surface area contributed by atoms with E-state index in [4.69, 9.17) is 4.74 Å². The molecule has 0 unspecified atom stereocenters. The Kier molecular flexibility index (Phi) is 3.40. The molecule has 2 aromatic rings. The van der Waals surface area contributed by atoms with Crippen LogP contribution < -0.4 is 4.74 Å². The number of ketones is 1. The lowest BCUT2D eigenvalue weighted by Crippen LogP contribution is -2.11. The first kappa shape index (κ1) is 11.2. The maximum atomic E-state index is 11.8. The molecule has 0 saturated heterocycles. The number of rotatable bonds is 4. The number of phenolic OH excluding ortho intramolecular Hbond substituents is 1. The average Bonchev–Trinajstić information content (AvgIpc) is 2.38. The number of Topliss-reactive ketones (excluding diaryl/α,β-unsaturated/α-hetero) is 1. The van der Waals surface area contributed by atoms with Crippen LogP contribution in [0.2, 0.25) is 0 Å². The fraction of sp³-hybridized carbons (Fsp3) is 0.0714. The molecule has 0 aliphatic rings. The van der Waals surface area contributed by atoms with E-state index < -0.39 is 0 Å². The summed E-state index contributed by atoms with van der Waals surface area (Å²) < 4.78 is 5.32. The van der Waals surface area contributed by atoms with E-state index in [1.807, 2.05) is 18.2 Å². The van der Waals surface area contributed by atoms with Gasteiger partial charge in [-0.2, -0.15) is 0 Å². The summed E-state index contributed by atoms with van der Waals surface area (Å²) in [6.45, 7) is -0.0818. The molecule has 2 rings (SSSR count). The van der Waals surface area contributed by atoms with E-state index in [0.717, 1.165) is 0 Å². The molecular formula is C14H12O3. The van der Waals surface area contributed by atoms with Gasteiger partial charge < -0.3 is 9.84 Å². The van der Waals surface area contributed by atoms with E-state index in [1.165, 1.54) is 6.07 Å². The van der Waals surface area contributed by atoms with E-state index in [-0.39, 0.29) is 23.7 Å². The SMILES string of the molecule is O=C(COc1ccccc1)c1ccccc1O. The number of aromatic hydroxyl groups is 1.